The minimum atomic E-state index is -0.105. The van der Waals surface area contributed by atoms with Crippen molar-refractivity contribution in [2.24, 2.45) is 0 Å². The molecule has 0 radical (unpaired) electrons. The molecule has 140 valence electrons. The van der Waals surface area contributed by atoms with Gasteiger partial charge in [-0.15, -0.1) is 11.3 Å². The minimum Gasteiger partial charge on any atom is -0.493 e. The lowest BCUT2D eigenvalue weighted by molar-refractivity contribution is 0.0944. The number of benzene rings is 1. The van der Waals surface area contributed by atoms with E-state index in [1.165, 1.54) is 36.1 Å². The molecule has 0 bridgehead atoms. The van der Waals surface area contributed by atoms with Crippen LogP contribution in [0, 0.1) is 0 Å². The number of thiophene rings is 1. The van der Waals surface area contributed by atoms with E-state index in [9.17, 15) is 4.79 Å². The lowest BCUT2D eigenvalue weighted by Crippen LogP contribution is -2.25. The van der Waals surface area contributed by atoms with Crippen LogP contribution in [0.15, 0.2) is 24.3 Å². The summed E-state index contributed by atoms with van der Waals surface area (Å²) >= 11 is 1.66. The van der Waals surface area contributed by atoms with Gasteiger partial charge in [-0.2, -0.15) is 0 Å². The van der Waals surface area contributed by atoms with E-state index in [-0.39, 0.29) is 11.9 Å². The molecular formula is C21H27NO3S. The third-order valence-electron chi connectivity index (χ3n) is 4.98. The zero-order chi connectivity index (χ0) is 18.5. The lowest BCUT2D eigenvalue weighted by atomic mass is 10.00. The van der Waals surface area contributed by atoms with Gasteiger partial charge in [-0.05, 0) is 61.9 Å². The summed E-state index contributed by atoms with van der Waals surface area (Å²) in [7, 11) is 3.23. The number of rotatable bonds is 5. The van der Waals surface area contributed by atoms with Crippen LogP contribution in [0.25, 0.3) is 0 Å². The molecule has 0 unspecified atom stereocenters. The number of fused-ring (bicyclic) bond motifs is 1. The van der Waals surface area contributed by atoms with Crippen LogP contribution >= 0.6 is 11.3 Å². The van der Waals surface area contributed by atoms with E-state index >= 15 is 0 Å². The predicted molar refractivity (Wildman–Crippen MR) is 106 cm³/mol. The molecule has 0 spiro atoms. The molecule has 0 fully saturated rings. The van der Waals surface area contributed by atoms with Crippen LogP contribution in [-0.2, 0) is 12.8 Å². The largest absolute Gasteiger partial charge is 0.493 e. The Hall–Kier alpha value is -2.01. The average molecular weight is 374 g/mol. The summed E-state index contributed by atoms with van der Waals surface area (Å²) < 4.78 is 10.6. The molecule has 0 saturated heterocycles. The molecule has 2 aromatic rings. The van der Waals surface area contributed by atoms with Gasteiger partial charge >= 0.3 is 0 Å². The topological polar surface area (TPSA) is 47.6 Å². The molecule has 3 rings (SSSR count). The molecule has 1 aromatic carbocycles. The highest BCUT2D eigenvalue weighted by molar-refractivity contribution is 7.14. The van der Waals surface area contributed by atoms with Gasteiger partial charge in [0.1, 0.15) is 0 Å². The molecule has 1 amide bonds. The molecule has 1 atom stereocenters. The van der Waals surface area contributed by atoms with E-state index < -0.39 is 0 Å². The van der Waals surface area contributed by atoms with Gasteiger partial charge in [0.05, 0.1) is 25.1 Å². The summed E-state index contributed by atoms with van der Waals surface area (Å²) in [4.78, 5) is 15.0. The highest BCUT2D eigenvalue weighted by Gasteiger charge is 2.18. The van der Waals surface area contributed by atoms with Gasteiger partial charge in [-0.25, -0.2) is 0 Å². The molecule has 0 saturated carbocycles. The Labute approximate surface area is 159 Å². The van der Waals surface area contributed by atoms with Gasteiger partial charge in [0, 0.05) is 4.88 Å². The molecule has 1 aliphatic rings. The second-order valence-electron chi connectivity index (χ2n) is 6.78. The summed E-state index contributed by atoms with van der Waals surface area (Å²) in [5.41, 5.74) is 2.37. The lowest BCUT2D eigenvalue weighted by Gasteiger charge is -2.16. The summed E-state index contributed by atoms with van der Waals surface area (Å²) in [5, 5.41) is 3.12. The first-order valence-electron chi connectivity index (χ1n) is 9.26. The first-order valence-corrected chi connectivity index (χ1v) is 10.1. The van der Waals surface area contributed by atoms with Crippen LogP contribution in [-0.4, -0.2) is 20.1 Å². The van der Waals surface area contributed by atoms with Crippen molar-refractivity contribution < 1.29 is 14.3 Å². The molecule has 5 heteroatoms. The Kier molecular flexibility index (Phi) is 6.20. The fourth-order valence-corrected chi connectivity index (χ4v) is 4.59. The zero-order valence-corrected chi connectivity index (χ0v) is 16.6. The van der Waals surface area contributed by atoms with Gasteiger partial charge < -0.3 is 14.8 Å². The summed E-state index contributed by atoms with van der Waals surface area (Å²) in [6.07, 6.45) is 7.27. The second-order valence-corrected chi connectivity index (χ2v) is 7.92. The Morgan fingerprint density at radius 2 is 1.77 bits per heavy atom. The number of hydrogen-bond acceptors (Lipinski definition) is 4. The Morgan fingerprint density at radius 3 is 2.50 bits per heavy atom. The van der Waals surface area contributed by atoms with Crippen molar-refractivity contribution in [3.8, 4) is 11.5 Å². The summed E-state index contributed by atoms with van der Waals surface area (Å²) in [5.74, 6) is 1.36. The van der Waals surface area contributed by atoms with Gasteiger partial charge in [0.25, 0.3) is 5.91 Å². The van der Waals surface area contributed by atoms with Crippen LogP contribution in [0.1, 0.15) is 64.3 Å². The quantitative estimate of drug-likeness (QED) is 0.809. The first-order chi connectivity index (χ1) is 12.6. The van der Waals surface area contributed by atoms with Crippen molar-refractivity contribution in [2.45, 2.75) is 51.5 Å². The Balaban J connectivity index is 1.72. The number of aryl methyl sites for hydroxylation is 2. The summed E-state index contributed by atoms with van der Waals surface area (Å²) in [6, 6.07) is 7.74. The maximum Gasteiger partial charge on any atom is 0.261 e. The molecule has 1 N–H and O–H groups in total. The number of nitrogens with one attached hydrogen (secondary N) is 1. The highest BCUT2D eigenvalue weighted by atomic mass is 32.1. The maximum atomic E-state index is 12.7. The van der Waals surface area contributed by atoms with Crippen molar-refractivity contribution in [1.82, 2.24) is 5.32 Å². The molecule has 1 heterocycles. The van der Waals surface area contributed by atoms with Gasteiger partial charge in [-0.1, -0.05) is 18.9 Å². The van der Waals surface area contributed by atoms with Crippen LogP contribution in [0.4, 0.5) is 0 Å². The first kappa shape index (κ1) is 18.8. The monoisotopic (exact) mass is 373 g/mol. The number of methoxy groups -OCH3 is 2. The van der Waals surface area contributed by atoms with Crippen LogP contribution < -0.4 is 14.8 Å². The Bertz CT molecular complexity index is 743. The minimum absolute atomic E-state index is 0.00373. The molecule has 0 aliphatic heterocycles. The third-order valence-corrected chi connectivity index (χ3v) is 6.21. The number of carbonyl (C=O) groups excluding carboxylic acids is 1. The predicted octanol–water partition coefficient (Wildman–Crippen LogP) is 4.92. The van der Waals surface area contributed by atoms with E-state index in [1.54, 1.807) is 25.6 Å². The van der Waals surface area contributed by atoms with E-state index in [4.69, 9.17) is 9.47 Å². The van der Waals surface area contributed by atoms with E-state index in [1.807, 2.05) is 25.1 Å². The standard InChI is InChI=1S/C21H27NO3S/c1-14(15-10-11-17(24-2)18(12-15)25-3)22-21(23)20-13-16-8-6-4-5-7-9-19(16)26-20/h10-14H,4-9H2,1-3H3,(H,22,23)/t14-/m0/s1. The number of ether oxygens (including phenoxy) is 2. The van der Waals surface area contributed by atoms with Crippen LogP contribution in [0.3, 0.4) is 0 Å². The SMILES string of the molecule is COc1ccc([C@H](C)NC(=O)c2cc3c(s2)CCCCCC3)cc1OC. The van der Waals surface area contributed by atoms with Gasteiger partial charge in [0.2, 0.25) is 0 Å². The molecule has 26 heavy (non-hydrogen) atoms. The van der Waals surface area contributed by atoms with Crippen molar-refractivity contribution >= 4 is 17.2 Å². The third kappa shape index (κ3) is 4.21. The molecular weight excluding hydrogens is 346 g/mol. The second kappa shape index (κ2) is 8.58. The van der Waals surface area contributed by atoms with Crippen molar-refractivity contribution in [1.29, 1.82) is 0 Å². The molecule has 1 aliphatic carbocycles. The normalized spacial score (nSPS) is 15.3. The van der Waals surface area contributed by atoms with Gasteiger partial charge in [-0.3, -0.25) is 4.79 Å². The smallest absolute Gasteiger partial charge is 0.261 e. The van der Waals surface area contributed by atoms with Crippen molar-refractivity contribution in [2.75, 3.05) is 14.2 Å². The molecule has 4 nitrogen and oxygen atoms in total. The average Bonchev–Trinajstić information content (AvgIpc) is 3.03. The Morgan fingerprint density at radius 1 is 1.04 bits per heavy atom. The number of carbonyl (C=O) groups is 1. The maximum absolute atomic E-state index is 12.7. The van der Waals surface area contributed by atoms with Gasteiger partial charge in [0.15, 0.2) is 11.5 Å². The highest BCUT2D eigenvalue weighted by Crippen LogP contribution is 2.31. The van der Waals surface area contributed by atoms with E-state index in [0.29, 0.717) is 11.5 Å². The van der Waals surface area contributed by atoms with E-state index in [0.717, 1.165) is 23.3 Å². The number of amides is 1. The fourth-order valence-electron chi connectivity index (χ4n) is 3.43. The van der Waals surface area contributed by atoms with Crippen LogP contribution in [0.2, 0.25) is 0 Å². The molecule has 1 aromatic heterocycles. The fraction of sp³-hybridized carbons (Fsp3) is 0.476. The summed E-state index contributed by atoms with van der Waals surface area (Å²) in [6.45, 7) is 1.99. The zero-order valence-electron chi connectivity index (χ0n) is 15.8. The number of hydrogen-bond donors (Lipinski definition) is 1. The van der Waals surface area contributed by atoms with Crippen molar-refractivity contribution in [3.05, 3.63) is 45.1 Å². The van der Waals surface area contributed by atoms with E-state index in [2.05, 4.69) is 11.4 Å². The van der Waals surface area contributed by atoms with Crippen molar-refractivity contribution in [3.63, 3.8) is 0 Å². The van der Waals surface area contributed by atoms with Crippen LogP contribution in [0.5, 0.6) is 11.5 Å².